The highest BCUT2D eigenvalue weighted by Gasteiger charge is 2.53. The van der Waals surface area contributed by atoms with Gasteiger partial charge in [-0.25, -0.2) is 0 Å². The van der Waals surface area contributed by atoms with Crippen LogP contribution in [0.4, 0.5) is 5.69 Å². The third-order valence-electron chi connectivity index (χ3n) is 7.01. The molecule has 2 aromatic carbocycles. The first kappa shape index (κ1) is 22.4. The molecular formula is C27H34N4OS. The van der Waals surface area contributed by atoms with E-state index in [4.69, 9.17) is 0 Å². The maximum Gasteiger partial charge on any atom is 0.237 e. The van der Waals surface area contributed by atoms with Gasteiger partial charge in [-0.1, -0.05) is 49.7 Å². The van der Waals surface area contributed by atoms with Crippen molar-refractivity contribution in [2.75, 3.05) is 31.1 Å². The molecule has 1 atom stereocenters. The van der Waals surface area contributed by atoms with Gasteiger partial charge in [-0.05, 0) is 44.9 Å². The molecule has 0 saturated carbocycles. The van der Waals surface area contributed by atoms with Crippen LogP contribution in [0.3, 0.4) is 0 Å². The summed E-state index contributed by atoms with van der Waals surface area (Å²) in [5.74, 6) is 0.164. The second kappa shape index (κ2) is 8.73. The van der Waals surface area contributed by atoms with Crippen LogP contribution in [0.25, 0.3) is 16.6 Å². The number of amides is 1. The van der Waals surface area contributed by atoms with Crippen molar-refractivity contribution in [3.63, 3.8) is 0 Å². The number of anilines is 1. The maximum absolute atomic E-state index is 12.7. The molecule has 2 fully saturated rings. The quantitative estimate of drug-likeness (QED) is 0.544. The Morgan fingerprint density at radius 1 is 0.970 bits per heavy atom. The van der Waals surface area contributed by atoms with E-state index in [1.807, 2.05) is 11.8 Å². The third kappa shape index (κ3) is 4.04. The summed E-state index contributed by atoms with van der Waals surface area (Å²) in [6.45, 7) is 10.1. The molecule has 2 aliphatic heterocycles. The lowest BCUT2D eigenvalue weighted by atomic mass is 10.1. The fourth-order valence-corrected chi connectivity index (χ4v) is 6.87. The predicted octanol–water partition coefficient (Wildman–Crippen LogP) is 5.24. The van der Waals surface area contributed by atoms with Gasteiger partial charge in [-0.3, -0.25) is 9.69 Å². The topological polar surface area (TPSA) is 40.5 Å². The Balaban J connectivity index is 1.40. The number of hydrogen-bond donors (Lipinski definition) is 1. The zero-order chi connectivity index (χ0) is 23.1. The van der Waals surface area contributed by atoms with Crippen LogP contribution < -0.4 is 10.2 Å². The number of nitrogens with one attached hydrogen (secondary N) is 1. The van der Waals surface area contributed by atoms with E-state index >= 15 is 0 Å². The average Bonchev–Trinajstić information content (AvgIpc) is 3.33. The summed E-state index contributed by atoms with van der Waals surface area (Å²) in [5.41, 5.74) is 3.71. The Labute approximate surface area is 201 Å². The molecule has 2 saturated heterocycles. The number of hydrogen-bond acceptors (Lipinski definition) is 4. The summed E-state index contributed by atoms with van der Waals surface area (Å²) in [7, 11) is 0. The molecule has 3 heterocycles. The first-order valence-electron chi connectivity index (χ1n) is 12.1. The van der Waals surface area contributed by atoms with Crippen LogP contribution in [0, 0.1) is 0 Å². The number of thioether (sulfide) groups is 1. The molecule has 0 spiro atoms. The molecule has 0 bridgehead atoms. The third-order valence-corrected chi connectivity index (χ3v) is 8.60. The van der Waals surface area contributed by atoms with Crippen LogP contribution in [0.1, 0.15) is 40.0 Å². The number of piperazine rings is 1. The highest BCUT2D eigenvalue weighted by Crippen LogP contribution is 2.47. The van der Waals surface area contributed by atoms with Gasteiger partial charge in [0.15, 0.2) is 0 Å². The Morgan fingerprint density at radius 3 is 2.33 bits per heavy atom. The number of fused-ring (bicyclic) bond motifs is 1. The number of rotatable bonds is 6. The largest absolute Gasteiger partial charge is 0.367 e. The molecule has 0 aliphatic carbocycles. The van der Waals surface area contributed by atoms with Crippen LogP contribution in [-0.4, -0.2) is 51.3 Å². The van der Waals surface area contributed by atoms with Crippen molar-refractivity contribution >= 4 is 34.3 Å². The monoisotopic (exact) mass is 462 g/mol. The number of carbonyl (C=O) groups excluding carboxylic acids is 1. The maximum atomic E-state index is 12.7. The normalized spacial score (nSPS) is 23.2. The standard InChI is InChI=1S/C27H34N4OS/c1-4-5-15-27(28-25(32)26(2,3)33-27)30-18-16-29(17-19-30)24-20-31(21-11-7-6-8-12-21)23-14-10-9-13-22(23)24/h6-14,20H,4-5,15-19H2,1-3H3,(H,28,32). The molecule has 0 radical (unpaired) electrons. The minimum absolute atomic E-state index is 0.164. The minimum Gasteiger partial charge on any atom is -0.367 e. The van der Waals surface area contributed by atoms with Gasteiger partial charge >= 0.3 is 0 Å². The van der Waals surface area contributed by atoms with Crippen LogP contribution in [0.5, 0.6) is 0 Å². The molecule has 33 heavy (non-hydrogen) atoms. The van der Waals surface area contributed by atoms with Crippen LogP contribution >= 0.6 is 11.8 Å². The molecule has 2 aliphatic rings. The SMILES string of the molecule is CCCCC1(N2CCN(c3cn(-c4ccccc4)c4ccccc34)CC2)NC(=O)C(C)(C)S1. The van der Waals surface area contributed by atoms with E-state index in [0.717, 1.165) is 45.4 Å². The first-order chi connectivity index (χ1) is 15.9. The molecule has 174 valence electrons. The summed E-state index contributed by atoms with van der Waals surface area (Å²) in [4.78, 5) is 17.5. The van der Waals surface area contributed by atoms with Gasteiger partial charge in [0.05, 0.1) is 16.0 Å². The summed E-state index contributed by atoms with van der Waals surface area (Å²) < 4.78 is 1.92. The number of carbonyl (C=O) groups is 1. The Bertz CT molecular complexity index is 1130. The molecule has 1 N–H and O–H groups in total. The van der Waals surface area contributed by atoms with Gasteiger partial charge in [0, 0.05) is 43.4 Å². The van der Waals surface area contributed by atoms with E-state index in [1.54, 1.807) is 0 Å². The summed E-state index contributed by atoms with van der Waals surface area (Å²) in [6, 6.07) is 19.2. The van der Waals surface area contributed by atoms with E-state index in [2.05, 4.69) is 101 Å². The van der Waals surface area contributed by atoms with Crippen molar-refractivity contribution in [2.45, 2.75) is 49.8 Å². The van der Waals surface area contributed by atoms with Gasteiger partial charge in [0.2, 0.25) is 5.91 Å². The summed E-state index contributed by atoms with van der Waals surface area (Å²) in [5, 5.41) is 4.69. The van der Waals surface area contributed by atoms with E-state index in [1.165, 1.54) is 22.3 Å². The van der Waals surface area contributed by atoms with Crippen LogP contribution in [-0.2, 0) is 4.79 Å². The molecular weight excluding hydrogens is 428 g/mol. The highest BCUT2D eigenvalue weighted by molar-refractivity contribution is 8.03. The number of unbranched alkanes of at least 4 members (excludes halogenated alkanes) is 1. The van der Waals surface area contributed by atoms with Crippen molar-refractivity contribution in [3.8, 4) is 5.69 Å². The lowest BCUT2D eigenvalue weighted by Gasteiger charge is -2.46. The molecule has 5 rings (SSSR count). The van der Waals surface area contributed by atoms with Gasteiger partial charge < -0.3 is 14.8 Å². The lowest BCUT2D eigenvalue weighted by molar-refractivity contribution is -0.124. The van der Waals surface area contributed by atoms with Crippen molar-refractivity contribution < 1.29 is 4.79 Å². The fourth-order valence-electron chi connectivity index (χ4n) is 5.18. The zero-order valence-electron chi connectivity index (χ0n) is 19.9. The van der Waals surface area contributed by atoms with Crippen LogP contribution in [0.15, 0.2) is 60.8 Å². The Hall–Kier alpha value is -2.44. The molecule has 1 unspecified atom stereocenters. The van der Waals surface area contributed by atoms with E-state index in [9.17, 15) is 4.79 Å². The molecule has 1 amide bonds. The molecule has 5 nitrogen and oxygen atoms in total. The Morgan fingerprint density at radius 2 is 1.67 bits per heavy atom. The molecule has 3 aromatic rings. The second-order valence-electron chi connectivity index (χ2n) is 9.67. The Kier molecular flexibility index (Phi) is 5.91. The van der Waals surface area contributed by atoms with Gasteiger partial charge in [-0.15, -0.1) is 11.8 Å². The fraction of sp³-hybridized carbons (Fsp3) is 0.444. The van der Waals surface area contributed by atoms with E-state index in [0.29, 0.717) is 0 Å². The average molecular weight is 463 g/mol. The van der Waals surface area contributed by atoms with Crippen LogP contribution in [0.2, 0.25) is 0 Å². The van der Waals surface area contributed by atoms with Crippen molar-refractivity contribution in [2.24, 2.45) is 0 Å². The smallest absolute Gasteiger partial charge is 0.237 e. The van der Waals surface area contributed by atoms with Crippen molar-refractivity contribution in [1.29, 1.82) is 0 Å². The van der Waals surface area contributed by atoms with E-state index in [-0.39, 0.29) is 15.6 Å². The highest BCUT2D eigenvalue weighted by atomic mass is 32.2. The first-order valence-corrected chi connectivity index (χ1v) is 12.9. The second-order valence-corrected chi connectivity index (χ2v) is 11.6. The van der Waals surface area contributed by atoms with Gasteiger partial charge in [0.1, 0.15) is 4.99 Å². The number of benzene rings is 2. The summed E-state index contributed by atoms with van der Waals surface area (Å²) >= 11 is 1.81. The van der Waals surface area contributed by atoms with Gasteiger partial charge in [0.25, 0.3) is 0 Å². The van der Waals surface area contributed by atoms with E-state index < -0.39 is 0 Å². The number of para-hydroxylation sites is 2. The number of nitrogens with zero attached hydrogens (tertiary/aromatic N) is 3. The predicted molar refractivity (Wildman–Crippen MR) is 139 cm³/mol. The minimum atomic E-state index is -0.381. The summed E-state index contributed by atoms with van der Waals surface area (Å²) in [6.07, 6.45) is 5.54. The molecule has 1 aromatic heterocycles. The molecule has 6 heteroatoms. The van der Waals surface area contributed by atoms with Gasteiger partial charge in [-0.2, -0.15) is 0 Å². The zero-order valence-corrected chi connectivity index (χ0v) is 20.7. The van der Waals surface area contributed by atoms with Crippen molar-refractivity contribution in [1.82, 2.24) is 14.8 Å². The lowest BCUT2D eigenvalue weighted by Crippen LogP contribution is -2.60. The van der Waals surface area contributed by atoms with Crippen molar-refractivity contribution in [3.05, 3.63) is 60.8 Å². The number of aromatic nitrogens is 1.